The van der Waals surface area contributed by atoms with Crippen LogP contribution in [0.2, 0.25) is 0 Å². The van der Waals surface area contributed by atoms with Crippen LogP contribution in [0.4, 0.5) is 4.39 Å². The van der Waals surface area contributed by atoms with Crippen LogP contribution in [0.5, 0.6) is 0 Å². The Hall–Kier alpha value is -1.76. The largest absolute Gasteiger partial charge is 0.334 e. The van der Waals surface area contributed by atoms with Gasteiger partial charge in [-0.3, -0.25) is 9.89 Å². The quantitative estimate of drug-likeness (QED) is 0.942. The van der Waals surface area contributed by atoms with Crippen molar-refractivity contribution < 1.29 is 9.18 Å². The maximum absolute atomic E-state index is 13.6. The minimum absolute atomic E-state index is 0.0198. The van der Waals surface area contributed by atoms with Crippen molar-refractivity contribution in [3.63, 3.8) is 0 Å². The first-order valence-electron chi connectivity index (χ1n) is 5.12. The summed E-state index contributed by atoms with van der Waals surface area (Å²) >= 11 is 3.21. The summed E-state index contributed by atoms with van der Waals surface area (Å²) in [4.78, 5) is 17.3. The molecule has 1 amide bonds. The number of hydrogen-bond donors (Lipinski definition) is 1. The Morgan fingerprint density at radius 1 is 1.56 bits per heavy atom. The number of benzene rings is 1. The Bertz CT molecular complexity index is 558. The number of nitrogens with one attached hydrogen (secondary N) is 1. The third-order valence-corrected chi connectivity index (χ3v) is 2.85. The van der Waals surface area contributed by atoms with Crippen LogP contribution >= 0.6 is 15.9 Å². The number of hydrogen-bond acceptors (Lipinski definition) is 3. The van der Waals surface area contributed by atoms with Crippen LogP contribution in [0.25, 0.3) is 0 Å². The molecule has 1 heterocycles. The second-order valence-corrected chi connectivity index (χ2v) is 4.63. The van der Waals surface area contributed by atoms with Crippen molar-refractivity contribution in [2.75, 3.05) is 7.05 Å². The first-order valence-corrected chi connectivity index (χ1v) is 5.92. The van der Waals surface area contributed by atoms with Gasteiger partial charge in [-0.1, -0.05) is 15.9 Å². The highest BCUT2D eigenvalue weighted by Crippen LogP contribution is 2.17. The number of halogens is 2. The van der Waals surface area contributed by atoms with Crippen molar-refractivity contribution in [3.05, 3.63) is 46.2 Å². The summed E-state index contributed by atoms with van der Waals surface area (Å²) in [6, 6.07) is 4.25. The Balaban J connectivity index is 2.17. The van der Waals surface area contributed by atoms with E-state index in [4.69, 9.17) is 0 Å². The molecule has 1 N–H and O–H groups in total. The maximum atomic E-state index is 13.6. The normalized spacial score (nSPS) is 10.4. The molecule has 7 heteroatoms. The van der Waals surface area contributed by atoms with Gasteiger partial charge in [0, 0.05) is 11.5 Å². The van der Waals surface area contributed by atoms with E-state index in [0.29, 0.717) is 10.3 Å². The van der Waals surface area contributed by atoms with Crippen LogP contribution in [0.15, 0.2) is 29.0 Å². The summed E-state index contributed by atoms with van der Waals surface area (Å²) in [5.41, 5.74) is 0.0198. The van der Waals surface area contributed by atoms with Gasteiger partial charge in [0.25, 0.3) is 5.91 Å². The van der Waals surface area contributed by atoms with Gasteiger partial charge in [0.1, 0.15) is 18.0 Å². The Kier molecular flexibility index (Phi) is 3.71. The minimum Gasteiger partial charge on any atom is -0.334 e. The summed E-state index contributed by atoms with van der Waals surface area (Å²) in [7, 11) is 1.57. The first-order chi connectivity index (χ1) is 8.58. The van der Waals surface area contributed by atoms with Gasteiger partial charge in [-0.15, -0.1) is 0 Å². The monoisotopic (exact) mass is 312 g/mol. The van der Waals surface area contributed by atoms with Crippen molar-refractivity contribution in [3.8, 4) is 0 Å². The molecule has 0 aliphatic carbocycles. The van der Waals surface area contributed by atoms with Gasteiger partial charge in [0.2, 0.25) is 0 Å². The third kappa shape index (κ3) is 2.73. The highest BCUT2D eigenvalue weighted by atomic mass is 79.9. The third-order valence-electron chi connectivity index (χ3n) is 2.36. The average molecular weight is 313 g/mol. The van der Waals surface area contributed by atoms with Crippen molar-refractivity contribution in [2.45, 2.75) is 6.54 Å². The molecule has 0 aliphatic rings. The summed E-state index contributed by atoms with van der Waals surface area (Å²) in [5, 5.41) is 6.33. The van der Waals surface area contributed by atoms with Crippen LogP contribution in [0, 0.1) is 5.82 Å². The van der Waals surface area contributed by atoms with E-state index in [1.54, 1.807) is 13.1 Å². The van der Waals surface area contributed by atoms with Crippen LogP contribution in [0.1, 0.15) is 16.2 Å². The molecule has 0 radical (unpaired) electrons. The molecule has 0 unspecified atom stereocenters. The number of carbonyl (C=O) groups excluding carboxylic acids is 1. The second kappa shape index (κ2) is 5.26. The van der Waals surface area contributed by atoms with Gasteiger partial charge in [0.05, 0.1) is 12.1 Å². The summed E-state index contributed by atoms with van der Waals surface area (Å²) in [6.07, 6.45) is 1.35. The van der Waals surface area contributed by atoms with E-state index < -0.39 is 11.7 Å². The van der Waals surface area contributed by atoms with E-state index in [-0.39, 0.29) is 12.1 Å². The van der Waals surface area contributed by atoms with Crippen LogP contribution in [0.3, 0.4) is 0 Å². The molecule has 0 saturated carbocycles. The predicted molar refractivity (Wildman–Crippen MR) is 66.3 cm³/mol. The van der Waals surface area contributed by atoms with E-state index in [9.17, 15) is 9.18 Å². The number of aromatic nitrogens is 3. The molecule has 2 rings (SSSR count). The first kappa shape index (κ1) is 12.7. The van der Waals surface area contributed by atoms with E-state index in [0.717, 1.165) is 0 Å². The van der Waals surface area contributed by atoms with Gasteiger partial charge in [-0.05, 0) is 18.2 Å². The molecule has 94 valence electrons. The molecule has 0 atom stereocenters. The Morgan fingerprint density at radius 2 is 2.33 bits per heavy atom. The number of carbonyl (C=O) groups is 1. The van der Waals surface area contributed by atoms with E-state index in [1.807, 2.05) is 0 Å². The molecule has 5 nitrogen and oxygen atoms in total. The molecule has 0 saturated heterocycles. The predicted octanol–water partition coefficient (Wildman–Crippen LogP) is 1.98. The summed E-state index contributed by atoms with van der Waals surface area (Å²) < 4.78 is 14.2. The molecule has 2 aromatic rings. The zero-order valence-electron chi connectivity index (χ0n) is 9.52. The van der Waals surface area contributed by atoms with Crippen molar-refractivity contribution in [1.29, 1.82) is 0 Å². The lowest BCUT2D eigenvalue weighted by Gasteiger charge is -2.16. The van der Waals surface area contributed by atoms with Crippen molar-refractivity contribution in [2.24, 2.45) is 0 Å². The molecule has 0 spiro atoms. The van der Waals surface area contributed by atoms with Gasteiger partial charge in [0.15, 0.2) is 0 Å². The standard InChI is InChI=1S/C11H10BrFN4O/c1-17(5-10-14-6-15-16-10)11(18)8-4-7(12)2-3-9(8)13/h2-4,6H,5H2,1H3,(H,14,15,16). The van der Waals surface area contributed by atoms with Crippen LogP contribution in [-0.4, -0.2) is 33.0 Å². The fourth-order valence-corrected chi connectivity index (χ4v) is 1.83. The van der Waals surface area contributed by atoms with Crippen molar-refractivity contribution >= 4 is 21.8 Å². The topological polar surface area (TPSA) is 61.9 Å². The Morgan fingerprint density at radius 3 is 3.00 bits per heavy atom. The molecule has 0 aliphatic heterocycles. The van der Waals surface area contributed by atoms with Gasteiger partial charge in [-0.25, -0.2) is 9.37 Å². The lowest BCUT2D eigenvalue weighted by atomic mass is 10.2. The van der Waals surface area contributed by atoms with Crippen LogP contribution < -0.4 is 0 Å². The smallest absolute Gasteiger partial charge is 0.257 e. The van der Waals surface area contributed by atoms with Crippen molar-refractivity contribution in [1.82, 2.24) is 20.1 Å². The number of H-pyrrole nitrogens is 1. The molecule has 1 aromatic carbocycles. The number of amides is 1. The minimum atomic E-state index is -0.549. The van der Waals surface area contributed by atoms with Gasteiger partial charge < -0.3 is 4.90 Å². The van der Waals surface area contributed by atoms with Gasteiger partial charge >= 0.3 is 0 Å². The zero-order chi connectivity index (χ0) is 13.1. The fraction of sp³-hybridized carbons (Fsp3) is 0.182. The molecule has 0 fully saturated rings. The van der Waals surface area contributed by atoms with E-state index in [1.165, 1.54) is 23.4 Å². The average Bonchev–Trinajstić information content (AvgIpc) is 2.84. The highest BCUT2D eigenvalue weighted by molar-refractivity contribution is 9.10. The summed E-state index contributed by atoms with van der Waals surface area (Å²) in [5.74, 6) is -0.418. The maximum Gasteiger partial charge on any atom is 0.257 e. The van der Waals surface area contributed by atoms with E-state index >= 15 is 0 Å². The van der Waals surface area contributed by atoms with Gasteiger partial charge in [-0.2, -0.15) is 5.10 Å². The molecule has 18 heavy (non-hydrogen) atoms. The Labute approximate surface area is 111 Å². The number of aromatic amines is 1. The number of rotatable bonds is 3. The SMILES string of the molecule is CN(Cc1ncn[nH]1)C(=O)c1cc(Br)ccc1F. The molecule has 1 aromatic heterocycles. The molecule has 0 bridgehead atoms. The zero-order valence-corrected chi connectivity index (χ0v) is 11.1. The fourth-order valence-electron chi connectivity index (χ4n) is 1.47. The molecular weight excluding hydrogens is 303 g/mol. The number of nitrogens with zero attached hydrogens (tertiary/aromatic N) is 3. The lowest BCUT2D eigenvalue weighted by molar-refractivity contribution is 0.0777. The van der Waals surface area contributed by atoms with Crippen LogP contribution in [-0.2, 0) is 6.54 Å². The van der Waals surface area contributed by atoms with E-state index in [2.05, 4.69) is 31.1 Å². The highest BCUT2D eigenvalue weighted by Gasteiger charge is 2.17. The second-order valence-electron chi connectivity index (χ2n) is 3.72. The lowest BCUT2D eigenvalue weighted by Crippen LogP contribution is -2.27. The summed E-state index contributed by atoms with van der Waals surface area (Å²) in [6.45, 7) is 0.241. The molecular formula is C11H10BrFN4O.